The fourth-order valence-corrected chi connectivity index (χ4v) is 4.31. The molecule has 1 amide bonds. The first-order chi connectivity index (χ1) is 13.5. The number of hydrogen-bond donors (Lipinski definition) is 3. The monoisotopic (exact) mass is 412 g/mol. The average molecular weight is 413 g/mol. The highest BCUT2D eigenvalue weighted by Crippen LogP contribution is 2.31. The Balaban J connectivity index is 1.70. The molecule has 2 aliphatic rings. The highest BCUT2D eigenvalue weighted by molar-refractivity contribution is 6.31. The lowest BCUT2D eigenvalue weighted by Crippen LogP contribution is -2.49. The molecule has 2 fully saturated rings. The molecule has 156 valence electrons. The number of amides is 1. The van der Waals surface area contributed by atoms with E-state index in [1.54, 1.807) is 12.1 Å². The molecule has 4 unspecified atom stereocenters. The Morgan fingerprint density at radius 1 is 1.46 bits per heavy atom. The van der Waals surface area contributed by atoms with E-state index in [9.17, 15) is 9.18 Å². The Kier molecular flexibility index (Phi) is 7.65. The third-order valence-corrected chi connectivity index (χ3v) is 5.78. The van der Waals surface area contributed by atoms with E-state index < -0.39 is 0 Å². The molecule has 2 heterocycles. The first-order valence-electron chi connectivity index (χ1n) is 10.1. The normalized spacial score (nSPS) is 26.9. The van der Waals surface area contributed by atoms with Gasteiger partial charge in [-0.25, -0.2) is 9.82 Å². The van der Waals surface area contributed by atoms with Crippen LogP contribution in [-0.2, 0) is 9.53 Å². The highest BCUT2D eigenvalue weighted by Gasteiger charge is 2.32. The summed E-state index contributed by atoms with van der Waals surface area (Å²) in [6.45, 7) is 6.31. The van der Waals surface area contributed by atoms with Crippen LogP contribution in [0.4, 0.5) is 4.39 Å². The quantitative estimate of drug-likeness (QED) is 0.641. The molecule has 2 saturated heterocycles. The topological polar surface area (TPSA) is 65.6 Å². The van der Waals surface area contributed by atoms with E-state index in [4.69, 9.17) is 16.3 Å². The number of rotatable bonds is 7. The number of carbonyl (C=O) groups excluding carboxylic acids is 1. The van der Waals surface area contributed by atoms with Crippen LogP contribution in [0, 0.1) is 5.82 Å². The van der Waals surface area contributed by atoms with Crippen LogP contribution in [0.3, 0.4) is 0 Å². The summed E-state index contributed by atoms with van der Waals surface area (Å²) in [4.78, 5) is 14.8. The lowest BCUT2D eigenvalue weighted by molar-refractivity contribution is -0.123. The Morgan fingerprint density at radius 2 is 2.29 bits per heavy atom. The Bertz CT molecular complexity index is 657. The fourth-order valence-electron chi connectivity index (χ4n) is 4.02. The van der Waals surface area contributed by atoms with Crippen molar-refractivity contribution in [3.63, 3.8) is 0 Å². The number of halogens is 2. The van der Waals surface area contributed by atoms with Gasteiger partial charge in [0, 0.05) is 36.3 Å². The third kappa shape index (κ3) is 5.21. The van der Waals surface area contributed by atoms with Crippen molar-refractivity contribution in [1.82, 2.24) is 21.1 Å². The molecule has 3 rings (SSSR count). The minimum absolute atomic E-state index is 0.0491. The van der Waals surface area contributed by atoms with Gasteiger partial charge in [-0.1, -0.05) is 31.0 Å². The first kappa shape index (κ1) is 21.5. The van der Waals surface area contributed by atoms with E-state index >= 15 is 0 Å². The van der Waals surface area contributed by atoms with Crippen LogP contribution in [0.2, 0.25) is 5.02 Å². The second kappa shape index (κ2) is 9.98. The summed E-state index contributed by atoms with van der Waals surface area (Å²) in [6.07, 6.45) is 2.89. The van der Waals surface area contributed by atoms with Gasteiger partial charge in [0.05, 0.1) is 18.8 Å². The van der Waals surface area contributed by atoms with Crippen molar-refractivity contribution in [3.8, 4) is 0 Å². The lowest BCUT2D eigenvalue weighted by atomic mass is 10.0. The summed E-state index contributed by atoms with van der Waals surface area (Å²) in [5.41, 5.74) is 6.68. The molecule has 0 bridgehead atoms. The van der Waals surface area contributed by atoms with Gasteiger partial charge in [-0.15, -0.1) is 0 Å². The standard InChI is InChI=1S/C20H30ClFN4O2/c1-3-5-14-10-17(25-24-14)20(27)23-11-18(26-8-9-28-13(2)12-26)19-15(21)6-4-7-16(19)22/h4,6-7,13-14,17-18,24-25H,3,5,8-12H2,1-2H3,(H,23,27). The molecule has 4 atom stereocenters. The van der Waals surface area contributed by atoms with E-state index in [1.165, 1.54) is 6.07 Å². The molecule has 0 saturated carbocycles. The predicted molar refractivity (Wildman–Crippen MR) is 108 cm³/mol. The van der Waals surface area contributed by atoms with Gasteiger partial charge >= 0.3 is 0 Å². The number of nitrogens with one attached hydrogen (secondary N) is 3. The number of carbonyl (C=O) groups is 1. The zero-order valence-electron chi connectivity index (χ0n) is 16.5. The maximum Gasteiger partial charge on any atom is 0.238 e. The van der Waals surface area contributed by atoms with Gasteiger partial charge in [0.1, 0.15) is 11.9 Å². The molecule has 0 spiro atoms. The zero-order chi connectivity index (χ0) is 20.1. The van der Waals surface area contributed by atoms with Crippen LogP contribution in [0.5, 0.6) is 0 Å². The molecule has 2 aliphatic heterocycles. The van der Waals surface area contributed by atoms with Gasteiger partial charge in [-0.3, -0.25) is 15.1 Å². The van der Waals surface area contributed by atoms with Crippen molar-refractivity contribution in [3.05, 3.63) is 34.6 Å². The van der Waals surface area contributed by atoms with E-state index in [0.29, 0.717) is 42.9 Å². The fraction of sp³-hybridized carbons (Fsp3) is 0.650. The summed E-state index contributed by atoms with van der Waals surface area (Å²) in [7, 11) is 0. The lowest BCUT2D eigenvalue weighted by Gasteiger charge is -2.38. The first-order valence-corrected chi connectivity index (χ1v) is 10.5. The van der Waals surface area contributed by atoms with Crippen LogP contribution in [-0.4, -0.2) is 55.2 Å². The van der Waals surface area contributed by atoms with Crippen LogP contribution >= 0.6 is 11.6 Å². The maximum atomic E-state index is 14.6. The average Bonchev–Trinajstić information content (AvgIpc) is 3.13. The van der Waals surface area contributed by atoms with Crippen molar-refractivity contribution < 1.29 is 13.9 Å². The number of benzene rings is 1. The molecule has 6 nitrogen and oxygen atoms in total. The summed E-state index contributed by atoms with van der Waals surface area (Å²) in [6, 6.07) is 4.38. The van der Waals surface area contributed by atoms with Crippen molar-refractivity contribution in [2.24, 2.45) is 0 Å². The van der Waals surface area contributed by atoms with E-state index in [-0.39, 0.29) is 29.9 Å². The molecule has 1 aromatic rings. The van der Waals surface area contributed by atoms with Gasteiger partial charge in [0.15, 0.2) is 0 Å². The largest absolute Gasteiger partial charge is 0.376 e. The van der Waals surface area contributed by atoms with Crippen molar-refractivity contribution >= 4 is 17.5 Å². The van der Waals surface area contributed by atoms with Gasteiger partial charge < -0.3 is 10.1 Å². The number of hydrazine groups is 1. The smallest absolute Gasteiger partial charge is 0.238 e. The number of ether oxygens (including phenoxy) is 1. The van der Waals surface area contributed by atoms with Gasteiger partial charge in [0.25, 0.3) is 0 Å². The maximum absolute atomic E-state index is 14.6. The third-order valence-electron chi connectivity index (χ3n) is 5.45. The van der Waals surface area contributed by atoms with Crippen LogP contribution < -0.4 is 16.2 Å². The molecule has 3 N–H and O–H groups in total. The van der Waals surface area contributed by atoms with Gasteiger partial charge in [-0.2, -0.15) is 0 Å². The predicted octanol–water partition coefficient (Wildman–Crippen LogP) is 2.39. The van der Waals surface area contributed by atoms with Crippen molar-refractivity contribution in [1.29, 1.82) is 0 Å². The van der Waals surface area contributed by atoms with E-state index in [1.807, 2.05) is 6.92 Å². The summed E-state index contributed by atoms with van der Waals surface area (Å²) in [5, 5.41) is 3.38. The number of nitrogens with zero attached hydrogens (tertiary/aromatic N) is 1. The second-order valence-corrected chi connectivity index (χ2v) is 8.04. The number of hydrogen-bond acceptors (Lipinski definition) is 5. The zero-order valence-corrected chi connectivity index (χ0v) is 17.3. The number of morpholine rings is 1. The summed E-state index contributed by atoms with van der Waals surface area (Å²) < 4.78 is 20.3. The highest BCUT2D eigenvalue weighted by atomic mass is 35.5. The Morgan fingerprint density at radius 3 is 3.00 bits per heavy atom. The van der Waals surface area contributed by atoms with Gasteiger partial charge in [-0.05, 0) is 31.9 Å². The summed E-state index contributed by atoms with van der Waals surface area (Å²) in [5.74, 6) is -0.431. The minimum Gasteiger partial charge on any atom is -0.376 e. The molecule has 0 aromatic heterocycles. The van der Waals surface area contributed by atoms with E-state index in [0.717, 1.165) is 19.3 Å². The molecule has 0 aliphatic carbocycles. The Hall–Kier alpha value is -1.25. The Labute approximate surface area is 171 Å². The molecular formula is C20H30ClFN4O2. The molecular weight excluding hydrogens is 383 g/mol. The molecule has 1 aromatic carbocycles. The summed E-state index contributed by atoms with van der Waals surface area (Å²) >= 11 is 6.34. The van der Waals surface area contributed by atoms with Crippen LogP contribution in [0.1, 0.15) is 44.7 Å². The molecule has 28 heavy (non-hydrogen) atoms. The van der Waals surface area contributed by atoms with Crippen LogP contribution in [0.25, 0.3) is 0 Å². The molecule has 8 heteroatoms. The van der Waals surface area contributed by atoms with Crippen molar-refractivity contribution in [2.45, 2.75) is 57.3 Å². The minimum atomic E-state index is -0.352. The SMILES string of the molecule is CCCC1CC(C(=O)NCC(c2c(F)cccc2Cl)N2CCOC(C)C2)NN1. The second-order valence-electron chi connectivity index (χ2n) is 7.64. The van der Waals surface area contributed by atoms with Crippen LogP contribution in [0.15, 0.2) is 18.2 Å². The van der Waals surface area contributed by atoms with Crippen molar-refractivity contribution in [2.75, 3.05) is 26.2 Å². The molecule has 0 radical (unpaired) electrons. The van der Waals surface area contributed by atoms with E-state index in [2.05, 4.69) is 28.0 Å². The van der Waals surface area contributed by atoms with Gasteiger partial charge in [0.2, 0.25) is 5.91 Å².